The van der Waals surface area contributed by atoms with Crippen LogP contribution in [0.25, 0.3) is 0 Å². The maximum Gasteiger partial charge on any atom is 0.125 e. The Bertz CT molecular complexity index is 543. The maximum atomic E-state index is 5.67. The zero-order valence-corrected chi connectivity index (χ0v) is 12.0. The fourth-order valence-electron chi connectivity index (χ4n) is 1.94. The molecule has 0 amide bonds. The van der Waals surface area contributed by atoms with Gasteiger partial charge in [-0.15, -0.1) is 0 Å². The van der Waals surface area contributed by atoms with Crippen LogP contribution in [-0.4, -0.2) is 6.10 Å². The van der Waals surface area contributed by atoms with Crippen molar-refractivity contribution in [3.63, 3.8) is 0 Å². The minimum atomic E-state index is 0.198. The lowest BCUT2D eigenvalue weighted by Gasteiger charge is -2.13. The third-order valence-electron chi connectivity index (χ3n) is 2.98. The molecule has 0 aliphatic heterocycles. The Hall–Kier alpha value is -1.90. The second-order valence-electron chi connectivity index (χ2n) is 5.02. The monoisotopic (exact) mass is 259 g/mol. The van der Waals surface area contributed by atoms with Crippen molar-refractivity contribution in [3.8, 4) is 5.75 Å². The average molecular weight is 259 g/mol. The molecule has 0 saturated carbocycles. The third kappa shape index (κ3) is 3.53. The first kappa shape index (κ1) is 13.5. The summed E-state index contributed by atoms with van der Waals surface area (Å²) in [6.45, 7) is 8.88. The predicted octanol–water partition coefficient (Wildman–Crippen LogP) is 4.30. The molecule has 0 atom stereocenters. The first-order chi connectivity index (χ1) is 9.06. The Morgan fingerprint density at radius 3 is 2.53 bits per heavy atom. The highest BCUT2D eigenvalue weighted by molar-refractivity contribution is 5.53. The lowest BCUT2D eigenvalue weighted by Crippen LogP contribution is -2.06. The topological polar surface area (TPSA) is 34.4 Å². The highest BCUT2D eigenvalue weighted by atomic mass is 16.5. The highest BCUT2D eigenvalue weighted by Crippen LogP contribution is 2.23. The van der Waals surface area contributed by atoms with Crippen LogP contribution in [0.4, 0.5) is 5.69 Å². The zero-order valence-electron chi connectivity index (χ0n) is 12.0. The van der Waals surface area contributed by atoms with Crippen LogP contribution < -0.4 is 10.1 Å². The van der Waals surface area contributed by atoms with Gasteiger partial charge in [-0.3, -0.25) is 0 Å². The van der Waals surface area contributed by atoms with Gasteiger partial charge < -0.3 is 14.5 Å². The number of benzene rings is 1. The number of aryl methyl sites for hydroxylation is 2. The number of hydrogen-bond acceptors (Lipinski definition) is 3. The smallest absolute Gasteiger partial charge is 0.125 e. The van der Waals surface area contributed by atoms with Gasteiger partial charge in [0, 0.05) is 5.69 Å². The maximum absolute atomic E-state index is 5.67. The number of hydrogen-bond donors (Lipinski definition) is 1. The standard InChI is InChI=1S/C16H21NO2/c1-11(2)19-14-5-6-15(13(4)9-14)17-10-16-12(3)7-8-18-16/h5-9,11,17H,10H2,1-4H3. The molecule has 2 rings (SSSR count). The van der Waals surface area contributed by atoms with Crippen LogP contribution >= 0.6 is 0 Å². The molecule has 0 spiro atoms. The molecule has 0 radical (unpaired) electrons. The summed E-state index contributed by atoms with van der Waals surface area (Å²) in [6, 6.07) is 8.07. The van der Waals surface area contributed by atoms with Crippen LogP contribution in [0, 0.1) is 13.8 Å². The first-order valence-corrected chi connectivity index (χ1v) is 6.60. The third-order valence-corrected chi connectivity index (χ3v) is 2.98. The van der Waals surface area contributed by atoms with Crippen LogP contribution in [0.2, 0.25) is 0 Å². The molecule has 0 saturated heterocycles. The van der Waals surface area contributed by atoms with E-state index in [9.17, 15) is 0 Å². The van der Waals surface area contributed by atoms with E-state index in [0.29, 0.717) is 6.54 Å². The van der Waals surface area contributed by atoms with E-state index in [2.05, 4.69) is 18.3 Å². The molecule has 102 valence electrons. The molecule has 3 heteroatoms. The van der Waals surface area contributed by atoms with E-state index in [1.165, 1.54) is 11.1 Å². The van der Waals surface area contributed by atoms with E-state index >= 15 is 0 Å². The molecule has 0 fully saturated rings. The van der Waals surface area contributed by atoms with Gasteiger partial charge in [-0.25, -0.2) is 0 Å². The van der Waals surface area contributed by atoms with Crippen molar-refractivity contribution in [3.05, 3.63) is 47.4 Å². The van der Waals surface area contributed by atoms with Crippen LogP contribution in [-0.2, 0) is 6.54 Å². The van der Waals surface area contributed by atoms with E-state index in [4.69, 9.17) is 9.15 Å². The van der Waals surface area contributed by atoms with Gasteiger partial charge >= 0.3 is 0 Å². The van der Waals surface area contributed by atoms with Gasteiger partial charge in [0.25, 0.3) is 0 Å². The Labute approximate surface area is 114 Å². The highest BCUT2D eigenvalue weighted by Gasteiger charge is 2.05. The molecular formula is C16H21NO2. The van der Waals surface area contributed by atoms with Gasteiger partial charge in [0.2, 0.25) is 0 Å². The normalized spacial score (nSPS) is 10.8. The van der Waals surface area contributed by atoms with E-state index in [0.717, 1.165) is 17.2 Å². The van der Waals surface area contributed by atoms with Crippen LogP contribution in [0.1, 0.15) is 30.7 Å². The van der Waals surface area contributed by atoms with Crippen molar-refractivity contribution in [1.82, 2.24) is 0 Å². The van der Waals surface area contributed by atoms with Gasteiger partial charge in [0.15, 0.2) is 0 Å². The molecule has 3 nitrogen and oxygen atoms in total. The summed E-state index contributed by atoms with van der Waals surface area (Å²) >= 11 is 0. The summed E-state index contributed by atoms with van der Waals surface area (Å²) in [5.74, 6) is 1.88. The Morgan fingerprint density at radius 2 is 1.95 bits per heavy atom. The lowest BCUT2D eigenvalue weighted by molar-refractivity contribution is 0.242. The SMILES string of the molecule is Cc1cc(OC(C)C)ccc1NCc1occc1C. The first-order valence-electron chi connectivity index (χ1n) is 6.60. The second kappa shape index (κ2) is 5.83. The Morgan fingerprint density at radius 1 is 1.16 bits per heavy atom. The quantitative estimate of drug-likeness (QED) is 0.869. The van der Waals surface area contributed by atoms with Crippen molar-refractivity contribution in [2.75, 3.05) is 5.32 Å². The van der Waals surface area contributed by atoms with Crippen molar-refractivity contribution in [2.45, 2.75) is 40.3 Å². The zero-order chi connectivity index (χ0) is 13.8. The summed E-state index contributed by atoms with van der Waals surface area (Å²) in [7, 11) is 0. The van der Waals surface area contributed by atoms with E-state index in [1.54, 1.807) is 6.26 Å². The van der Waals surface area contributed by atoms with E-state index in [1.807, 2.05) is 39.0 Å². The summed E-state index contributed by atoms with van der Waals surface area (Å²) in [5.41, 5.74) is 3.44. The fourth-order valence-corrected chi connectivity index (χ4v) is 1.94. The average Bonchev–Trinajstić information content (AvgIpc) is 2.73. The fraction of sp³-hybridized carbons (Fsp3) is 0.375. The molecule has 1 N–H and O–H groups in total. The Balaban J connectivity index is 2.03. The van der Waals surface area contributed by atoms with Crippen molar-refractivity contribution in [1.29, 1.82) is 0 Å². The number of anilines is 1. The minimum absolute atomic E-state index is 0.198. The number of rotatable bonds is 5. The Kier molecular flexibility index (Phi) is 4.15. The van der Waals surface area contributed by atoms with E-state index in [-0.39, 0.29) is 6.10 Å². The van der Waals surface area contributed by atoms with Gasteiger partial charge in [-0.05, 0) is 63.1 Å². The molecular weight excluding hydrogens is 238 g/mol. The van der Waals surface area contributed by atoms with E-state index < -0.39 is 0 Å². The molecule has 1 heterocycles. The lowest BCUT2D eigenvalue weighted by atomic mass is 10.2. The van der Waals surface area contributed by atoms with Gasteiger partial charge in [0.05, 0.1) is 18.9 Å². The van der Waals surface area contributed by atoms with Gasteiger partial charge in [-0.2, -0.15) is 0 Å². The number of nitrogens with one attached hydrogen (secondary N) is 1. The summed E-state index contributed by atoms with van der Waals surface area (Å²) in [5, 5.41) is 3.39. The molecule has 1 aromatic heterocycles. The van der Waals surface area contributed by atoms with Gasteiger partial charge in [0.1, 0.15) is 11.5 Å². The number of ether oxygens (including phenoxy) is 1. The molecule has 0 bridgehead atoms. The van der Waals surface area contributed by atoms with Crippen LogP contribution in [0.3, 0.4) is 0 Å². The summed E-state index contributed by atoms with van der Waals surface area (Å²) in [6.07, 6.45) is 1.92. The number of furan rings is 1. The summed E-state index contributed by atoms with van der Waals surface area (Å²) < 4.78 is 11.1. The van der Waals surface area contributed by atoms with Crippen LogP contribution in [0.15, 0.2) is 34.9 Å². The van der Waals surface area contributed by atoms with Crippen LogP contribution in [0.5, 0.6) is 5.75 Å². The van der Waals surface area contributed by atoms with Crippen molar-refractivity contribution >= 4 is 5.69 Å². The minimum Gasteiger partial charge on any atom is -0.491 e. The van der Waals surface area contributed by atoms with Gasteiger partial charge in [-0.1, -0.05) is 0 Å². The molecule has 0 aliphatic rings. The van der Waals surface area contributed by atoms with Crippen molar-refractivity contribution in [2.24, 2.45) is 0 Å². The molecule has 1 aromatic carbocycles. The summed E-state index contributed by atoms with van der Waals surface area (Å²) in [4.78, 5) is 0. The molecule has 2 aromatic rings. The predicted molar refractivity (Wildman–Crippen MR) is 77.7 cm³/mol. The molecule has 19 heavy (non-hydrogen) atoms. The van der Waals surface area contributed by atoms with Crippen molar-refractivity contribution < 1.29 is 9.15 Å². The molecule has 0 aliphatic carbocycles. The second-order valence-corrected chi connectivity index (χ2v) is 5.02. The largest absolute Gasteiger partial charge is 0.491 e. The molecule has 0 unspecified atom stereocenters.